The van der Waals surface area contributed by atoms with E-state index in [9.17, 15) is 4.79 Å². The molecule has 0 radical (unpaired) electrons. The lowest BCUT2D eigenvalue weighted by Gasteiger charge is -2.41. The van der Waals surface area contributed by atoms with E-state index in [-0.39, 0.29) is 31.0 Å². The highest BCUT2D eigenvalue weighted by molar-refractivity contribution is 5.85. The van der Waals surface area contributed by atoms with E-state index in [2.05, 4.69) is 11.9 Å². The van der Waals surface area contributed by atoms with Crippen molar-refractivity contribution in [2.45, 2.75) is 18.2 Å². The highest BCUT2D eigenvalue weighted by Crippen LogP contribution is 2.14. The molecule has 0 spiro atoms. The van der Waals surface area contributed by atoms with Crippen LogP contribution in [0.4, 0.5) is 0 Å². The summed E-state index contributed by atoms with van der Waals surface area (Å²) in [6, 6.07) is -0.361. The first-order valence-corrected chi connectivity index (χ1v) is 3.68. The number of hydrogen-bond acceptors (Lipinski definition) is 5. The molecule has 1 heterocycles. The SMILES string of the molecule is C=CCOC(=O)[C@@H]1CC(N)(N)N1.Cl. The lowest BCUT2D eigenvalue weighted by molar-refractivity contribution is -0.149. The second kappa shape index (κ2) is 4.57. The van der Waals surface area contributed by atoms with E-state index in [1.807, 2.05) is 0 Å². The molecule has 0 amide bonds. The van der Waals surface area contributed by atoms with E-state index in [1.54, 1.807) is 0 Å². The van der Waals surface area contributed by atoms with E-state index >= 15 is 0 Å². The summed E-state index contributed by atoms with van der Waals surface area (Å²) >= 11 is 0. The minimum absolute atomic E-state index is 0. The fourth-order valence-electron chi connectivity index (χ4n) is 1.02. The molecule has 0 aromatic heterocycles. The van der Waals surface area contributed by atoms with Gasteiger partial charge in [0.05, 0.1) is 0 Å². The average molecular weight is 208 g/mol. The highest BCUT2D eigenvalue weighted by Gasteiger charge is 2.41. The van der Waals surface area contributed by atoms with Gasteiger partial charge >= 0.3 is 5.97 Å². The van der Waals surface area contributed by atoms with Crippen LogP contribution in [0.25, 0.3) is 0 Å². The minimum atomic E-state index is -0.905. The molecule has 1 fully saturated rings. The predicted octanol–water partition coefficient (Wildman–Crippen LogP) is -0.929. The third-order valence-electron chi connectivity index (χ3n) is 1.61. The number of nitrogens with one attached hydrogen (secondary N) is 1. The molecule has 1 aliphatic rings. The Bertz CT molecular complexity index is 200. The van der Waals surface area contributed by atoms with Crippen molar-refractivity contribution in [2.75, 3.05) is 6.61 Å². The molecule has 0 aromatic rings. The summed E-state index contributed by atoms with van der Waals surface area (Å²) < 4.78 is 4.76. The van der Waals surface area contributed by atoms with Gasteiger partial charge in [-0.25, -0.2) is 0 Å². The molecule has 13 heavy (non-hydrogen) atoms. The Kier molecular flexibility index (Phi) is 4.35. The van der Waals surface area contributed by atoms with Crippen LogP contribution in [0, 0.1) is 0 Å². The number of halogens is 1. The van der Waals surface area contributed by atoms with Crippen molar-refractivity contribution in [3.05, 3.63) is 12.7 Å². The van der Waals surface area contributed by atoms with Gasteiger partial charge in [0, 0.05) is 6.42 Å². The van der Waals surface area contributed by atoms with E-state index in [1.165, 1.54) is 6.08 Å². The monoisotopic (exact) mass is 207 g/mol. The molecule has 5 nitrogen and oxygen atoms in total. The van der Waals surface area contributed by atoms with Crippen molar-refractivity contribution in [3.8, 4) is 0 Å². The molecule has 1 atom stereocenters. The first kappa shape index (κ1) is 12.4. The minimum Gasteiger partial charge on any atom is -0.460 e. The van der Waals surface area contributed by atoms with Crippen molar-refractivity contribution in [1.82, 2.24) is 5.32 Å². The lowest BCUT2D eigenvalue weighted by Crippen LogP contribution is -2.76. The van der Waals surface area contributed by atoms with Crippen molar-refractivity contribution >= 4 is 18.4 Å². The lowest BCUT2D eigenvalue weighted by atomic mass is 9.99. The number of hydrogen-bond donors (Lipinski definition) is 3. The molecule has 0 aromatic carbocycles. The maximum Gasteiger partial charge on any atom is 0.323 e. The van der Waals surface area contributed by atoms with Crippen molar-refractivity contribution < 1.29 is 9.53 Å². The fraction of sp³-hybridized carbons (Fsp3) is 0.571. The van der Waals surface area contributed by atoms with Gasteiger partial charge in [0.2, 0.25) is 0 Å². The molecule has 0 unspecified atom stereocenters. The fourth-order valence-corrected chi connectivity index (χ4v) is 1.02. The molecule has 1 saturated heterocycles. The third-order valence-corrected chi connectivity index (χ3v) is 1.61. The number of carbonyl (C=O) groups excluding carboxylic acids is 1. The number of ether oxygens (including phenoxy) is 1. The van der Waals surface area contributed by atoms with Gasteiger partial charge < -0.3 is 16.2 Å². The second-order valence-corrected chi connectivity index (χ2v) is 2.86. The molecule has 1 aliphatic heterocycles. The molecule has 5 N–H and O–H groups in total. The van der Waals surface area contributed by atoms with E-state index < -0.39 is 5.79 Å². The number of nitrogens with two attached hydrogens (primary N) is 2. The van der Waals surface area contributed by atoms with E-state index in [0.29, 0.717) is 6.42 Å². The van der Waals surface area contributed by atoms with Crippen LogP contribution >= 0.6 is 12.4 Å². The van der Waals surface area contributed by atoms with Crippen molar-refractivity contribution in [2.24, 2.45) is 11.5 Å². The average Bonchev–Trinajstić information content (AvgIpc) is 1.95. The maximum atomic E-state index is 11.0. The molecule has 0 bridgehead atoms. The van der Waals surface area contributed by atoms with Gasteiger partial charge in [-0.1, -0.05) is 12.7 Å². The summed E-state index contributed by atoms with van der Waals surface area (Å²) in [5, 5.41) is 2.67. The second-order valence-electron chi connectivity index (χ2n) is 2.86. The Morgan fingerprint density at radius 3 is 2.69 bits per heavy atom. The van der Waals surface area contributed by atoms with Crippen LogP contribution in [-0.2, 0) is 9.53 Å². The first-order chi connectivity index (χ1) is 5.55. The summed E-state index contributed by atoms with van der Waals surface area (Å²) in [6.45, 7) is 3.64. The molecule has 76 valence electrons. The summed E-state index contributed by atoms with van der Waals surface area (Å²) in [4.78, 5) is 11.0. The Balaban J connectivity index is 0.00000144. The molecular weight excluding hydrogens is 194 g/mol. The third kappa shape index (κ3) is 3.31. The van der Waals surface area contributed by atoms with Crippen LogP contribution in [0.5, 0.6) is 0 Å². The topological polar surface area (TPSA) is 90.4 Å². The Morgan fingerprint density at radius 2 is 2.31 bits per heavy atom. The number of rotatable bonds is 3. The van der Waals surface area contributed by atoms with Gasteiger partial charge in [-0.3, -0.25) is 10.1 Å². The Morgan fingerprint density at radius 1 is 1.77 bits per heavy atom. The summed E-state index contributed by atoms with van der Waals surface area (Å²) in [5.74, 6) is -1.24. The van der Waals surface area contributed by atoms with Gasteiger partial charge in [0.1, 0.15) is 18.4 Å². The normalized spacial score (nSPS) is 23.7. The zero-order chi connectivity index (χ0) is 9.19. The number of esters is 1. The largest absolute Gasteiger partial charge is 0.460 e. The first-order valence-electron chi connectivity index (χ1n) is 3.68. The van der Waals surface area contributed by atoms with E-state index in [4.69, 9.17) is 16.2 Å². The van der Waals surface area contributed by atoms with Crippen LogP contribution in [0.15, 0.2) is 12.7 Å². The summed E-state index contributed by atoms with van der Waals surface area (Å²) in [7, 11) is 0. The van der Waals surface area contributed by atoms with Crippen molar-refractivity contribution in [1.29, 1.82) is 0 Å². The van der Waals surface area contributed by atoms with Crippen LogP contribution in [0.2, 0.25) is 0 Å². The van der Waals surface area contributed by atoms with Crippen LogP contribution in [-0.4, -0.2) is 24.4 Å². The Labute approximate surface area is 82.9 Å². The van der Waals surface area contributed by atoms with E-state index in [0.717, 1.165) is 0 Å². The quantitative estimate of drug-likeness (QED) is 0.316. The Hall–Kier alpha value is -0.620. The number of carbonyl (C=O) groups is 1. The zero-order valence-electron chi connectivity index (χ0n) is 7.16. The van der Waals surface area contributed by atoms with Gasteiger partial charge in [-0.15, -0.1) is 12.4 Å². The smallest absolute Gasteiger partial charge is 0.323 e. The standard InChI is InChI=1S/C7H13N3O2.ClH/c1-2-3-12-6(11)5-4-7(8,9)10-5;/h2,5,10H,1,3-4,8-9H2;1H/t5-;/m0./s1. The summed E-state index contributed by atoms with van der Waals surface area (Å²) in [6.07, 6.45) is 1.91. The highest BCUT2D eigenvalue weighted by atomic mass is 35.5. The van der Waals surface area contributed by atoms with Crippen LogP contribution < -0.4 is 16.8 Å². The molecule has 0 saturated carbocycles. The van der Waals surface area contributed by atoms with Gasteiger partial charge in [-0.05, 0) is 0 Å². The molecule has 6 heteroatoms. The molecule has 0 aliphatic carbocycles. The maximum absolute atomic E-state index is 11.0. The van der Waals surface area contributed by atoms with Gasteiger partial charge in [-0.2, -0.15) is 0 Å². The zero-order valence-corrected chi connectivity index (χ0v) is 7.97. The molecule has 1 rings (SSSR count). The van der Waals surface area contributed by atoms with Gasteiger partial charge in [0.25, 0.3) is 0 Å². The summed E-state index contributed by atoms with van der Waals surface area (Å²) in [5.41, 5.74) is 10.8. The van der Waals surface area contributed by atoms with Crippen LogP contribution in [0.1, 0.15) is 6.42 Å². The van der Waals surface area contributed by atoms with Gasteiger partial charge in [0.15, 0.2) is 0 Å². The van der Waals surface area contributed by atoms with Crippen molar-refractivity contribution in [3.63, 3.8) is 0 Å². The van der Waals surface area contributed by atoms with Crippen LogP contribution in [0.3, 0.4) is 0 Å². The molecular formula is C7H14ClN3O2. The predicted molar refractivity (Wildman–Crippen MR) is 51.1 cm³/mol.